The third-order valence-electron chi connectivity index (χ3n) is 8.85. The van der Waals surface area contributed by atoms with Crippen molar-refractivity contribution in [3.8, 4) is 22.5 Å². The van der Waals surface area contributed by atoms with Crippen molar-refractivity contribution in [2.45, 2.75) is 0 Å². The Morgan fingerprint density at radius 2 is 1.00 bits per heavy atom. The second-order valence-electron chi connectivity index (χ2n) is 11.3. The standard InChI is InChI=1S/C39H23N5S/c1-2-7-26(8-3-1)43-31-15-12-24(21-28(31)37-33(43)9-4-18-40-37)25-13-16-32-29(22-25)38-34(10-5-19-41-38)44(32)27-14-17-35-30(23-27)39-36(45-35)11-6-20-42-39/h1-23H. The highest BCUT2D eigenvalue weighted by atomic mass is 32.1. The Balaban J connectivity index is 1.18. The molecule has 0 amide bonds. The zero-order chi connectivity index (χ0) is 29.5. The van der Waals surface area contributed by atoms with Crippen LogP contribution in [0.25, 0.3) is 86.7 Å². The third-order valence-corrected chi connectivity index (χ3v) is 9.98. The van der Waals surface area contributed by atoms with Crippen molar-refractivity contribution in [2.75, 3.05) is 0 Å². The number of para-hydroxylation sites is 1. The molecule has 0 saturated heterocycles. The molecule has 5 nitrogen and oxygen atoms in total. The lowest BCUT2D eigenvalue weighted by Crippen LogP contribution is -1.93. The van der Waals surface area contributed by atoms with Gasteiger partial charge in [0.2, 0.25) is 0 Å². The van der Waals surface area contributed by atoms with Crippen LogP contribution in [0.1, 0.15) is 0 Å². The lowest BCUT2D eigenvalue weighted by molar-refractivity contribution is 1.18. The summed E-state index contributed by atoms with van der Waals surface area (Å²) in [6.45, 7) is 0. The lowest BCUT2D eigenvalue weighted by Gasteiger charge is -2.09. The molecule has 45 heavy (non-hydrogen) atoms. The smallest absolute Gasteiger partial charge is 0.0963 e. The fourth-order valence-electron chi connectivity index (χ4n) is 6.89. The maximum atomic E-state index is 4.88. The monoisotopic (exact) mass is 593 g/mol. The number of pyridine rings is 3. The van der Waals surface area contributed by atoms with Gasteiger partial charge in [-0.25, -0.2) is 0 Å². The first-order valence-electron chi connectivity index (χ1n) is 14.9. The van der Waals surface area contributed by atoms with Gasteiger partial charge in [-0.05, 0) is 102 Å². The Morgan fingerprint density at radius 3 is 1.67 bits per heavy atom. The zero-order valence-corrected chi connectivity index (χ0v) is 24.7. The summed E-state index contributed by atoms with van der Waals surface area (Å²) < 4.78 is 7.07. The van der Waals surface area contributed by atoms with Gasteiger partial charge in [0.1, 0.15) is 0 Å². The number of hydrogen-bond donors (Lipinski definition) is 0. The van der Waals surface area contributed by atoms with Crippen LogP contribution in [0.4, 0.5) is 0 Å². The summed E-state index contributed by atoms with van der Waals surface area (Å²) in [6, 6.07) is 43.1. The fourth-order valence-corrected chi connectivity index (χ4v) is 7.93. The lowest BCUT2D eigenvalue weighted by atomic mass is 10.0. The molecule has 210 valence electrons. The summed E-state index contributed by atoms with van der Waals surface area (Å²) in [5, 5.41) is 3.44. The van der Waals surface area contributed by atoms with Crippen molar-refractivity contribution in [2.24, 2.45) is 0 Å². The quantitative estimate of drug-likeness (QED) is 0.205. The van der Waals surface area contributed by atoms with Gasteiger partial charge < -0.3 is 9.13 Å². The fraction of sp³-hybridized carbons (Fsp3) is 0. The first-order chi connectivity index (χ1) is 22.3. The van der Waals surface area contributed by atoms with Crippen LogP contribution in [-0.2, 0) is 0 Å². The second-order valence-corrected chi connectivity index (χ2v) is 12.4. The van der Waals surface area contributed by atoms with Gasteiger partial charge in [0.15, 0.2) is 0 Å². The first-order valence-corrected chi connectivity index (χ1v) is 15.8. The predicted octanol–water partition coefficient (Wildman–Crippen LogP) is 10.1. The van der Waals surface area contributed by atoms with Crippen molar-refractivity contribution in [1.82, 2.24) is 24.1 Å². The molecule has 0 radical (unpaired) electrons. The van der Waals surface area contributed by atoms with E-state index in [1.54, 1.807) is 11.3 Å². The van der Waals surface area contributed by atoms with E-state index in [0.29, 0.717) is 0 Å². The highest BCUT2D eigenvalue weighted by Crippen LogP contribution is 2.39. The minimum Gasteiger partial charge on any atom is -0.308 e. The van der Waals surface area contributed by atoms with Gasteiger partial charge in [-0.15, -0.1) is 11.3 Å². The van der Waals surface area contributed by atoms with E-state index < -0.39 is 0 Å². The topological polar surface area (TPSA) is 48.5 Å². The summed E-state index contributed by atoms with van der Waals surface area (Å²) in [6.07, 6.45) is 5.64. The zero-order valence-electron chi connectivity index (χ0n) is 23.9. The van der Waals surface area contributed by atoms with E-state index in [-0.39, 0.29) is 0 Å². The molecule has 4 aromatic carbocycles. The number of rotatable bonds is 3. The number of thiophene rings is 1. The van der Waals surface area contributed by atoms with Crippen LogP contribution in [0, 0.1) is 0 Å². The highest BCUT2D eigenvalue weighted by Gasteiger charge is 2.17. The summed E-state index contributed by atoms with van der Waals surface area (Å²) >= 11 is 1.79. The van der Waals surface area contributed by atoms with Crippen LogP contribution in [0.3, 0.4) is 0 Å². The molecule has 0 fully saturated rings. The summed E-state index contributed by atoms with van der Waals surface area (Å²) in [5.41, 5.74) is 12.0. The van der Waals surface area contributed by atoms with Gasteiger partial charge in [-0.1, -0.05) is 30.3 Å². The highest BCUT2D eigenvalue weighted by molar-refractivity contribution is 7.25. The largest absolute Gasteiger partial charge is 0.308 e. The van der Waals surface area contributed by atoms with Gasteiger partial charge in [0, 0.05) is 50.8 Å². The van der Waals surface area contributed by atoms with E-state index in [0.717, 1.165) is 71.9 Å². The number of benzene rings is 4. The van der Waals surface area contributed by atoms with Crippen LogP contribution in [0.2, 0.25) is 0 Å². The molecule has 0 bridgehead atoms. The SMILES string of the molecule is c1ccc(-n2c3ccc(-c4ccc5c(c4)c4ncccc4n5-c4ccc5sc6cccnc6c5c4)cc3c3ncccc32)cc1. The molecule has 6 heteroatoms. The molecular weight excluding hydrogens is 571 g/mol. The minimum atomic E-state index is 0.992. The van der Waals surface area contributed by atoms with E-state index in [9.17, 15) is 0 Å². The van der Waals surface area contributed by atoms with E-state index in [1.807, 2.05) is 36.8 Å². The van der Waals surface area contributed by atoms with Crippen LogP contribution in [0.5, 0.6) is 0 Å². The normalized spacial score (nSPS) is 12.0. The molecule has 10 rings (SSSR count). The van der Waals surface area contributed by atoms with E-state index in [4.69, 9.17) is 15.0 Å². The molecule has 10 aromatic rings. The predicted molar refractivity (Wildman–Crippen MR) is 187 cm³/mol. The summed E-state index contributed by atoms with van der Waals surface area (Å²) in [5.74, 6) is 0. The first kappa shape index (κ1) is 24.6. The molecule has 0 saturated carbocycles. The molecule has 0 unspecified atom stereocenters. The summed E-state index contributed by atoms with van der Waals surface area (Å²) in [4.78, 5) is 14.4. The number of hydrogen-bond acceptors (Lipinski definition) is 4. The van der Waals surface area contributed by atoms with Gasteiger partial charge in [-0.3, -0.25) is 15.0 Å². The Labute approximate surface area is 261 Å². The van der Waals surface area contributed by atoms with E-state index in [1.165, 1.54) is 14.8 Å². The Bertz CT molecular complexity index is 2770. The minimum absolute atomic E-state index is 0.992. The Morgan fingerprint density at radius 1 is 0.400 bits per heavy atom. The molecular formula is C39H23N5S. The number of aromatic nitrogens is 5. The third kappa shape index (κ3) is 3.57. The van der Waals surface area contributed by atoms with Crippen LogP contribution in [-0.4, -0.2) is 24.1 Å². The van der Waals surface area contributed by atoms with Crippen molar-refractivity contribution < 1.29 is 0 Å². The van der Waals surface area contributed by atoms with Gasteiger partial charge >= 0.3 is 0 Å². The molecule has 0 aliphatic carbocycles. The molecule has 0 N–H and O–H groups in total. The van der Waals surface area contributed by atoms with Crippen molar-refractivity contribution in [3.63, 3.8) is 0 Å². The maximum absolute atomic E-state index is 4.88. The van der Waals surface area contributed by atoms with Crippen molar-refractivity contribution >= 4 is 75.5 Å². The molecule has 0 atom stereocenters. The van der Waals surface area contributed by atoms with Crippen LogP contribution < -0.4 is 0 Å². The van der Waals surface area contributed by atoms with Crippen molar-refractivity contribution in [3.05, 3.63) is 140 Å². The molecule has 0 aliphatic heterocycles. The molecule has 0 spiro atoms. The van der Waals surface area contributed by atoms with Crippen LogP contribution >= 0.6 is 11.3 Å². The van der Waals surface area contributed by atoms with Crippen molar-refractivity contribution in [1.29, 1.82) is 0 Å². The Kier molecular flexibility index (Phi) is 5.09. The van der Waals surface area contributed by atoms with Gasteiger partial charge in [0.05, 0.1) is 43.3 Å². The maximum Gasteiger partial charge on any atom is 0.0963 e. The average Bonchev–Trinajstić information content (AvgIpc) is 3.75. The van der Waals surface area contributed by atoms with Crippen LogP contribution in [0.15, 0.2) is 140 Å². The summed E-state index contributed by atoms with van der Waals surface area (Å²) in [7, 11) is 0. The van der Waals surface area contributed by atoms with E-state index >= 15 is 0 Å². The number of nitrogens with zero attached hydrogens (tertiary/aromatic N) is 5. The number of fused-ring (bicyclic) bond motifs is 9. The Hall–Kier alpha value is -5.85. The van der Waals surface area contributed by atoms with E-state index in [2.05, 4.69) is 112 Å². The average molecular weight is 594 g/mol. The molecule has 6 heterocycles. The van der Waals surface area contributed by atoms with Gasteiger partial charge in [0.25, 0.3) is 0 Å². The molecule has 6 aromatic heterocycles. The second kappa shape index (κ2) is 9.32. The van der Waals surface area contributed by atoms with Gasteiger partial charge in [-0.2, -0.15) is 0 Å². The molecule has 0 aliphatic rings.